The second-order valence-electron chi connectivity index (χ2n) is 10.5. The lowest BCUT2D eigenvalue weighted by Crippen LogP contribution is -2.46. The monoisotopic (exact) mass is 589 g/mol. The average molecular weight is 590 g/mol. The average Bonchev–Trinajstić information content (AvgIpc) is 3.45. The van der Waals surface area contributed by atoms with Crippen LogP contribution in [0.15, 0.2) is 97.2 Å². The summed E-state index contributed by atoms with van der Waals surface area (Å²) in [4.78, 5) is 3.93. The van der Waals surface area contributed by atoms with Crippen molar-refractivity contribution >= 4 is 29.6 Å². The van der Waals surface area contributed by atoms with Gasteiger partial charge in [-0.25, -0.2) is 13.3 Å². The largest absolute Gasteiger partial charge is 0.369 e. The Morgan fingerprint density at radius 3 is 2.68 bits per heavy atom. The van der Waals surface area contributed by atoms with Crippen LogP contribution in [0.5, 0.6) is 0 Å². The van der Waals surface area contributed by atoms with E-state index in [4.69, 9.17) is 4.52 Å². The molecule has 41 heavy (non-hydrogen) atoms. The standard InChI is InChI=1S/C32H29F2N3O2S2/c1-2-20-11-12-22-13-14-25(33)28(34)29(22)41-30(20)31-32(38)36-19-37-26(21-8-4-3-5-9-21)17-24(39-37)18-35-15-7-6-10-23(35)16-27(36)40-31/h3-10,13-17,20,32,38H,2,11-12,18-19H2,1H3/q+2. The minimum atomic E-state index is -0.970. The molecule has 0 radical (unpaired) electrons. The second kappa shape index (κ2) is 10.8. The molecule has 2 aromatic carbocycles. The number of thioether (sulfide) groups is 2. The van der Waals surface area contributed by atoms with Gasteiger partial charge in [0.2, 0.25) is 12.2 Å². The smallest absolute Gasteiger partial charge is 0.271 e. The third kappa shape index (κ3) is 4.79. The maximum absolute atomic E-state index is 15.1. The molecule has 5 heterocycles. The van der Waals surface area contributed by atoms with Crippen LogP contribution in [0, 0.1) is 17.6 Å². The van der Waals surface area contributed by atoms with Crippen LogP contribution in [-0.2, 0) is 19.6 Å². The number of fused-ring (bicyclic) bond motifs is 5. The molecule has 1 fully saturated rings. The van der Waals surface area contributed by atoms with Crippen molar-refractivity contribution in [2.45, 2.75) is 50.5 Å². The molecule has 208 valence electrons. The van der Waals surface area contributed by atoms with E-state index in [0.29, 0.717) is 17.9 Å². The molecule has 9 heteroatoms. The molecule has 0 saturated carbocycles. The Morgan fingerprint density at radius 2 is 1.85 bits per heavy atom. The lowest BCUT2D eigenvalue weighted by molar-refractivity contribution is -0.870. The van der Waals surface area contributed by atoms with Crippen molar-refractivity contribution in [3.05, 3.63) is 116 Å². The first-order chi connectivity index (χ1) is 20.0. The zero-order valence-corrected chi connectivity index (χ0v) is 24.1. The Morgan fingerprint density at radius 1 is 1.02 bits per heavy atom. The fourth-order valence-electron chi connectivity index (χ4n) is 5.75. The number of nitrogens with zero attached hydrogens (tertiary/aromatic N) is 3. The van der Waals surface area contributed by atoms with Gasteiger partial charge in [-0.3, -0.25) is 4.90 Å². The highest BCUT2D eigenvalue weighted by Crippen LogP contribution is 2.52. The Hall–Kier alpha value is -3.40. The van der Waals surface area contributed by atoms with Gasteiger partial charge in [0.05, 0.1) is 26.5 Å². The Labute approximate surface area is 245 Å². The number of rotatable bonds is 2. The first kappa shape index (κ1) is 26.5. The summed E-state index contributed by atoms with van der Waals surface area (Å²) in [7, 11) is 0. The molecule has 2 unspecified atom stereocenters. The Kier molecular flexibility index (Phi) is 6.97. The number of halogens is 2. The highest BCUT2D eigenvalue weighted by molar-refractivity contribution is 8.09. The normalized spacial score (nSPS) is 22.0. The second-order valence-corrected chi connectivity index (χ2v) is 12.6. The van der Waals surface area contributed by atoms with E-state index in [0.717, 1.165) is 56.0 Å². The predicted octanol–water partition coefficient (Wildman–Crippen LogP) is 6.46. The fraction of sp³-hybridized carbons (Fsp3) is 0.250. The molecule has 3 aliphatic rings. The number of aromatic nitrogens is 2. The van der Waals surface area contributed by atoms with E-state index in [-0.39, 0.29) is 12.6 Å². The van der Waals surface area contributed by atoms with Gasteiger partial charge in [0, 0.05) is 27.9 Å². The van der Waals surface area contributed by atoms with Crippen molar-refractivity contribution < 1.29 is 27.7 Å². The topological polar surface area (TPSA) is 44.4 Å². The molecule has 0 spiro atoms. The maximum atomic E-state index is 15.1. The molecule has 3 aliphatic heterocycles. The molecule has 0 amide bonds. The van der Waals surface area contributed by atoms with Gasteiger partial charge in [-0.1, -0.05) is 54.7 Å². The molecule has 2 aromatic heterocycles. The minimum Gasteiger partial charge on any atom is -0.369 e. The Balaban J connectivity index is 1.38. The summed E-state index contributed by atoms with van der Waals surface area (Å²) < 4.78 is 39.7. The third-order valence-corrected chi connectivity index (χ3v) is 10.7. The van der Waals surface area contributed by atoms with Crippen molar-refractivity contribution in [1.82, 2.24) is 4.90 Å². The number of hydrogen-bond acceptors (Lipinski definition) is 5. The van der Waals surface area contributed by atoms with E-state index in [1.54, 1.807) is 6.07 Å². The van der Waals surface area contributed by atoms with Gasteiger partial charge in [0.15, 0.2) is 24.1 Å². The number of allylic oxidation sites excluding steroid dienone is 1. The SMILES string of the molecule is CCC1CCc2ccc(F)c(F)c2SC1=C1SC2=Cc3cccc[n+]3Cc3cc(-c4ccccc4)[n+](o3)CN2C1O. The number of aliphatic hydroxyl groups is 1. The summed E-state index contributed by atoms with van der Waals surface area (Å²) in [6.07, 6.45) is 5.45. The fourth-order valence-corrected chi connectivity index (χ4v) is 8.55. The molecule has 4 aromatic rings. The Bertz CT molecular complexity index is 1700. The predicted molar refractivity (Wildman–Crippen MR) is 155 cm³/mol. The van der Waals surface area contributed by atoms with E-state index >= 15 is 4.39 Å². The summed E-state index contributed by atoms with van der Waals surface area (Å²) >= 11 is 2.78. The van der Waals surface area contributed by atoms with Crippen LogP contribution in [0.1, 0.15) is 36.8 Å². The number of benzene rings is 2. The van der Waals surface area contributed by atoms with Gasteiger partial charge >= 0.3 is 0 Å². The van der Waals surface area contributed by atoms with Gasteiger partial charge in [-0.05, 0) is 55.0 Å². The van der Waals surface area contributed by atoms with Gasteiger partial charge in [-0.15, -0.1) is 0 Å². The molecule has 7 rings (SSSR count). The first-order valence-electron chi connectivity index (χ1n) is 13.8. The summed E-state index contributed by atoms with van der Waals surface area (Å²) in [5.41, 5.74) is 3.73. The van der Waals surface area contributed by atoms with E-state index in [1.807, 2.05) is 64.4 Å². The maximum Gasteiger partial charge on any atom is 0.271 e. The summed E-state index contributed by atoms with van der Waals surface area (Å²) in [6, 6.07) is 21.1. The molecule has 1 saturated heterocycles. The lowest BCUT2D eigenvalue weighted by atomic mass is 9.96. The minimum absolute atomic E-state index is 0.119. The quantitative estimate of drug-likeness (QED) is 0.272. The molecular formula is C32H29F2N3O2S2+2. The first-order valence-corrected chi connectivity index (χ1v) is 15.4. The van der Waals surface area contributed by atoms with Crippen LogP contribution >= 0.6 is 23.5 Å². The van der Waals surface area contributed by atoms with Crippen molar-refractivity contribution in [3.63, 3.8) is 0 Å². The van der Waals surface area contributed by atoms with Crippen LogP contribution in [0.2, 0.25) is 0 Å². The van der Waals surface area contributed by atoms with Gasteiger partial charge in [0.1, 0.15) is 0 Å². The van der Waals surface area contributed by atoms with Crippen molar-refractivity contribution in [2.75, 3.05) is 0 Å². The van der Waals surface area contributed by atoms with Crippen LogP contribution in [-0.4, -0.2) is 16.2 Å². The number of aryl methyl sites for hydroxylation is 1. The highest BCUT2D eigenvalue weighted by Gasteiger charge is 2.41. The van der Waals surface area contributed by atoms with Gasteiger partial charge in [0.25, 0.3) is 18.1 Å². The summed E-state index contributed by atoms with van der Waals surface area (Å²) in [5.74, 6) is -0.733. The molecule has 1 N–H and O–H groups in total. The van der Waals surface area contributed by atoms with Crippen LogP contribution in [0.25, 0.3) is 17.3 Å². The van der Waals surface area contributed by atoms with E-state index < -0.39 is 17.9 Å². The highest BCUT2D eigenvalue weighted by atomic mass is 32.2. The third-order valence-electron chi connectivity index (χ3n) is 7.96. The summed E-state index contributed by atoms with van der Waals surface area (Å²) in [5, 5.41) is 12.8. The van der Waals surface area contributed by atoms with Crippen LogP contribution in [0.4, 0.5) is 8.78 Å². The van der Waals surface area contributed by atoms with Crippen LogP contribution < -0.4 is 9.31 Å². The van der Waals surface area contributed by atoms with Gasteiger partial charge in [-0.2, -0.15) is 4.57 Å². The van der Waals surface area contributed by atoms with E-state index in [1.165, 1.54) is 29.6 Å². The number of hydrogen-bond donors (Lipinski definition) is 1. The van der Waals surface area contributed by atoms with E-state index in [2.05, 4.69) is 23.6 Å². The van der Waals surface area contributed by atoms with Crippen LogP contribution in [0.3, 0.4) is 0 Å². The zero-order valence-electron chi connectivity index (χ0n) is 22.5. The number of pyridine rings is 1. The molecule has 0 aliphatic carbocycles. The molecule has 2 bridgehead atoms. The summed E-state index contributed by atoms with van der Waals surface area (Å²) in [6.45, 7) is 2.96. The van der Waals surface area contributed by atoms with Crippen molar-refractivity contribution in [1.29, 1.82) is 0 Å². The molecular weight excluding hydrogens is 561 g/mol. The lowest BCUT2D eigenvalue weighted by Gasteiger charge is -2.22. The molecule has 5 nitrogen and oxygen atoms in total. The van der Waals surface area contributed by atoms with Gasteiger partial charge < -0.3 is 5.11 Å². The number of aliphatic hydroxyl groups excluding tert-OH is 1. The van der Waals surface area contributed by atoms with E-state index in [9.17, 15) is 9.50 Å². The zero-order chi connectivity index (χ0) is 28.1. The van der Waals surface area contributed by atoms with Crippen molar-refractivity contribution in [2.24, 2.45) is 5.92 Å². The van der Waals surface area contributed by atoms with Crippen molar-refractivity contribution in [3.8, 4) is 11.3 Å². The molecule has 2 atom stereocenters.